The Kier molecular flexibility index (Phi) is 7.32. The molecule has 2 amide bonds. The zero-order valence-corrected chi connectivity index (χ0v) is 17.4. The highest BCUT2D eigenvalue weighted by Crippen LogP contribution is 2.24. The van der Waals surface area contributed by atoms with Gasteiger partial charge in [0.1, 0.15) is 11.6 Å². The van der Waals surface area contributed by atoms with Gasteiger partial charge in [-0.15, -0.1) is 0 Å². The van der Waals surface area contributed by atoms with Crippen LogP contribution in [0, 0.1) is 34.8 Å². The third kappa shape index (κ3) is 6.25. The summed E-state index contributed by atoms with van der Waals surface area (Å²) in [6.07, 6.45) is -1.94. The van der Waals surface area contributed by atoms with E-state index in [1.165, 1.54) is 48.5 Å². The molecular formula is C25H15F2N3O4. The van der Waals surface area contributed by atoms with E-state index in [2.05, 4.69) is 22.5 Å². The summed E-state index contributed by atoms with van der Waals surface area (Å²) in [4.78, 5) is 35.9. The minimum Gasteiger partial charge on any atom is -0.465 e. The fourth-order valence-electron chi connectivity index (χ4n) is 2.88. The number of rotatable bonds is 5. The van der Waals surface area contributed by atoms with Crippen LogP contribution in [0.5, 0.6) is 0 Å². The number of halogens is 2. The molecule has 0 fully saturated rings. The van der Waals surface area contributed by atoms with Gasteiger partial charge in [0, 0.05) is 17.2 Å². The first-order chi connectivity index (χ1) is 16.2. The number of Topliss-reactive ketones (excluding diaryl/α,β-unsaturated/α-hetero) is 1. The molecule has 0 aromatic heterocycles. The van der Waals surface area contributed by atoms with Crippen LogP contribution in [-0.2, 0) is 4.79 Å². The molecule has 0 aliphatic heterocycles. The summed E-state index contributed by atoms with van der Waals surface area (Å²) >= 11 is 0. The number of hydrogen-bond donors (Lipinski definition) is 3. The molecule has 3 N–H and O–H groups in total. The number of ketones is 1. The van der Waals surface area contributed by atoms with Gasteiger partial charge in [0.2, 0.25) is 5.91 Å². The maximum Gasteiger partial charge on any atom is 0.409 e. The van der Waals surface area contributed by atoms with E-state index in [0.717, 1.165) is 6.07 Å². The number of nitriles is 1. The number of anilines is 2. The summed E-state index contributed by atoms with van der Waals surface area (Å²) < 4.78 is 26.8. The molecule has 3 aromatic carbocycles. The molecule has 7 nitrogen and oxygen atoms in total. The van der Waals surface area contributed by atoms with Crippen LogP contribution in [0.15, 0.2) is 60.7 Å². The molecule has 0 spiro atoms. The van der Waals surface area contributed by atoms with Crippen molar-refractivity contribution in [2.75, 3.05) is 10.6 Å². The summed E-state index contributed by atoms with van der Waals surface area (Å²) in [5.41, 5.74) is 0.741. The molecule has 9 heteroatoms. The van der Waals surface area contributed by atoms with E-state index in [4.69, 9.17) is 10.4 Å². The van der Waals surface area contributed by atoms with Gasteiger partial charge in [-0.1, -0.05) is 24.0 Å². The van der Waals surface area contributed by atoms with Crippen molar-refractivity contribution in [1.82, 2.24) is 0 Å². The Morgan fingerprint density at radius 2 is 1.68 bits per heavy atom. The Labute approximate surface area is 192 Å². The first-order valence-electron chi connectivity index (χ1n) is 9.69. The molecule has 3 aromatic rings. The quantitative estimate of drug-likeness (QED) is 0.294. The van der Waals surface area contributed by atoms with Gasteiger partial charge in [0.25, 0.3) is 0 Å². The van der Waals surface area contributed by atoms with Crippen LogP contribution in [0.2, 0.25) is 0 Å². The predicted octanol–water partition coefficient (Wildman–Crippen LogP) is 4.54. The second kappa shape index (κ2) is 10.5. The predicted molar refractivity (Wildman–Crippen MR) is 119 cm³/mol. The zero-order valence-electron chi connectivity index (χ0n) is 17.4. The Bertz CT molecular complexity index is 1400. The number of benzene rings is 3. The highest BCUT2D eigenvalue weighted by Gasteiger charge is 2.15. The van der Waals surface area contributed by atoms with Crippen molar-refractivity contribution in [1.29, 1.82) is 5.26 Å². The van der Waals surface area contributed by atoms with Gasteiger partial charge >= 0.3 is 6.09 Å². The summed E-state index contributed by atoms with van der Waals surface area (Å²) in [5.74, 6) is 2.35. The number of nitrogens with zero attached hydrogens (tertiary/aromatic N) is 1. The Morgan fingerprint density at radius 1 is 0.882 bits per heavy atom. The lowest BCUT2D eigenvalue weighted by molar-refractivity contribution is -0.115. The maximum absolute atomic E-state index is 13.8. The lowest BCUT2D eigenvalue weighted by Crippen LogP contribution is -2.18. The normalized spacial score (nSPS) is 9.79. The largest absolute Gasteiger partial charge is 0.465 e. The molecule has 0 heterocycles. The Balaban J connectivity index is 1.83. The number of nitrogens with one attached hydrogen (secondary N) is 2. The second-order valence-corrected chi connectivity index (χ2v) is 6.91. The monoisotopic (exact) mass is 459 g/mol. The number of carbonyl (C=O) groups excluding carboxylic acids is 2. The van der Waals surface area contributed by atoms with Crippen LogP contribution >= 0.6 is 0 Å². The first-order valence-corrected chi connectivity index (χ1v) is 9.69. The van der Waals surface area contributed by atoms with Crippen molar-refractivity contribution < 1.29 is 28.3 Å². The van der Waals surface area contributed by atoms with E-state index in [9.17, 15) is 23.2 Å². The molecule has 0 saturated carbocycles. The number of hydrogen-bond acceptors (Lipinski definition) is 4. The second-order valence-electron chi connectivity index (χ2n) is 6.91. The minimum atomic E-state index is -1.38. The van der Waals surface area contributed by atoms with E-state index in [0.29, 0.717) is 11.6 Å². The first kappa shape index (κ1) is 23.6. The molecule has 168 valence electrons. The van der Waals surface area contributed by atoms with Gasteiger partial charge in [0.05, 0.1) is 35.0 Å². The van der Waals surface area contributed by atoms with E-state index in [1.54, 1.807) is 0 Å². The SMILES string of the molecule is N#Cc1cccc(C(=O)CC(=O)Nc2cc(C#Cc3ccc(F)cc3F)ccc2NC(=O)O)c1. The summed E-state index contributed by atoms with van der Waals surface area (Å²) in [6.45, 7) is 0. The molecule has 0 bridgehead atoms. The van der Waals surface area contributed by atoms with Gasteiger partial charge in [-0.2, -0.15) is 5.26 Å². The van der Waals surface area contributed by atoms with Gasteiger partial charge in [-0.3, -0.25) is 14.9 Å². The Morgan fingerprint density at radius 3 is 2.38 bits per heavy atom. The standard InChI is InChI=1S/C25H15F2N3O4/c26-19-8-7-17(20(27)12-19)6-4-15-5-9-21(30-25(33)34)22(11-15)29-24(32)13-23(31)18-3-1-2-16(10-18)14-28/h1-3,5,7-12,30H,13H2,(H,29,32)(H,33,34). The number of amides is 2. The van der Waals surface area contributed by atoms with Crippen LogP contribution in [0.4, 0.5) is 25.0 Å². The summed E-state index contributed by atoms with van der Waals surface area (Å²) in [6, 6.07) is 14.8. The van der Waals surface area contributed by atoms with Crippen LogP contribution in [0.25, 0.3) is 0 Å². The van der Waals surface area contributed by atoms with Crippen LogP contribution < -0.4 is 10.6 Å². The van der Waals surface area contributed by atoms with Crippen LogP contribution in [0.1, 0.15) is 33.5 Å². The van der Waals surface area contributed by atoms with Gasteiger partial charge in [0.15, 0.2) is 5.78 Å². The molecule has 3 rings (SSSR count). The van der Waals surface area contributed by atoms with Crippen LogP contribution in [0.3, 0.4) is 0 Å². The number of carboxylic acid groups (broad SMARTS) is 1. The van der Waals surface area contributed by atoms with E-state index < -0.39 is 35.8 Å². The van der Waals surface area contributed by atoms with Crippen molar-refractivity contribution in [3.8, 4) is 17.9 Å². The molecule has 0 unspecified atom stereocenters. The van der Waals surface area contributed by atoms with Gasteiger partial charge in [-0.25, -0.2) is 13.6 Å². The van der Waals surface area contributed by atoms with E-state index in [1.807, 2.05) is 6.07 Å². The maximum atomic E-state index is 13.8. The summed E-state index contributed by atoms with van der Waals surface area (Å²) in [7, 11) is 0. The van der Waals surface area contributed by atoms with Gasteiger partial charge in [-0.05, 0) is 42.5 Å². The smallest absolute Gasteiger partial charge is 0.409 e. The average Bonchev–Trinajstić information content (AvgIpc) is 2.79. The van der Waals surface area contributed by atoms with Crippen molar-refractivity contribution in [3.05, 3.63) is 94.6 Å². The number of carbonyl (C=O) groups is 3. The lowest BCUT2D eigenvalue weighted by Gasteiger charge is -2.11. The molecule has 0 radical (unpaired) electrons. The van der Waals surface area contributed by atoms with Crippen molar-refractivity contribution >= 4 is 29.2 Å². The lowest BCUT2D eigenvalue weighted by atomic mass is 10.1. The highest BCUT2D eigenvalue weighted by molar-refractivity contribution is 6.12. The van der Waals surface area contributed by atoms with E-state index >= 15 is 0 Å². The third-order valence-electron chi connectivity index (χ3n) is 4.44. The van der Waals surface area contributed by atoms with Crippen molar-refractivity contribution in [2.24, 2.45) is 0 Å². The Hall–Kier alpha value is -5.02. The fraction of sp³-hybridized carbons (Fsp3) is 0.0400. The minimum absolute atomic E-state index is 0.0253. The third-order valence-corrected chi connectivity index (χ3v) is 4.44. The molecule has 0 atom stereocenters. The molecule has 0 saturated heterocycles. The molecule has 0 aliphatic rings. The van der Waals surface area contributed by atoms with Crippen LogP contribution in [-0.4, -0.2) is 22.9 Å². The fourth-order valence-corrected chi connectivity index (χ4v) is 2.88. The summed E-state index contributed by atoms with van der Waals surface area (Å²) in [5, 5.41) is 22.6. The molecular weight excluding hydrogens is 444 g/mol. The topological polar surface area (TPSA) is 119 Å². The molecule has 34 heavy (non-hydrogen) atoms. The van der Waals surface area contributed by atoms with Gasteiger partial charge < -0.3 is 10.4 Å². The highest BCUT2D eigenvalue weighted by atomic mass is 19.1. The van der Waals surface area contributed by atoms with Crippen molar-refractivity contribution in [3.63, 3.8) is 0 Å². The van der Waals surface area contributed by atoms with Crippen molar-refractivity contribution in [2.45, 2.75) is 6.42 Å². The molecule has 0 aliphatic carbocycles. The average molecular weight is 459 g/mol. The zero-order chi connectivity index (χ0) is 24.7. The van der Waals surface area contributed by atoms with E-state index in [-0.39, 0.29) is 28.1 Å².